The lowest BCUT2D eigenvalue weighted by molar-refractivity contribution is 0.600. The van der Waals surface area contributed by atoms with Crippen LogP contribution in [0.2, 0.25) is 0 Å². The van der Waals surface area contributed by atoms with Crippen molar-refractivity contribution in [2.75, 3.05) is 22.7 Å². The van der Waals surface area contributed by atoms with Gasteiger partial charge in [-0.05, 0) is 36.4 Å². The number of nitrogens with one attached hydrogen (secondary N) is 1. The van der Waals surface area contributed by atoms with E-state index in [9.17, 15) is 12.8 Å². The van der Waals surface area contributed by atoms with Gasteiger partial charge >= 0.3 is 0 Å². The summed E-state index contributed by atoms with van der Waals surface area (Å²) >= 11 is 1.11. The van der Waals surface area contributed by atoms with Crippen LogP contribution in [0.4, 0.5) is 15.8 Å². The molecule has 0 atom stereocenters. The Hall–Kier alpha value is -1.60. The van der Waals surface area contributed by atoms with Gasteiger partial charge in [0.05, 0.1) is 5.69 Å². The first-order valence-electron chi connectivity index (χ1n) is 6.68. The van der Waals surface area contributed by atoms with Crippen LogP contribution in [-0.2, 0) is 10.0 Å². The fraction of sp³-hybridized carbons (Fsp3) is 0.286. The van der Waals surface area contributed by atoms with Gasteiger partial charge < -0.3 is 4.90 Å². The zero-order valence-corrected chi connectivity index (χ0v) is 12.9. The van der Waals surface area contributed by atoms with Gasteiger partial charge in [-0.1, -0.05) is 12.1 Å². The highest BCUT2D eigenvalue weighted by Crippen LogP contribution is 2.33. The van der Waals surface area contributed by atoms with Crippen LogP contribution in [0.3, 0.4) is 0 Å². The summed E-state index contributed by atoms with van der Waals surface area (Å²) in [4.78, 5) is 2.01. The number of halogens is 1. The Balaban J connectivity index is 1.98. The summed E-state index contributed by atoms with van der Waals surface area (Å²) in [6.45, 7) is 1.63. The standard InChI is InChI=1S/C14H15FN2O2S2/c15-11-5-3-6-12(17-8-1-2-9-17)14(11)16-21(18,19)13-7-4-10-20-13/h3-7,10,16H,1-2,8-9H2. The molecule has 3 rings (SSSR count). The molecule has 1 aromatic heterocycles. The Morgan fingerprint density at radius 3 is 2.57 bits per heavy atom. The number of para-hydroxylation sites is 1. The predicted octanol–water partition coefficient (Wildman–Crippen LogP) is 3.29. The molecule has 21 heavy (non-hydrogen) atoms. The lowest BCUT2D eigenvalue weighted by Gasteiger charge is -2.22. The molecule has 1 aliphatic heterocycles. The van der Waals surface area contributed by atoms with Crippen LogP contribution in [-0.4, -0.2) is 21.5 Å². The van der Waals surface area contributed by atoms with E-state index < -0.39 is 15.8 Å². The summed E-state index contributed by atoms with van der Waals surface area (Å²) < 4.78 is 41.3. The fourth-order valence-electron chi connectivity index (χ4n) is 2.44. The lowest BCUT2D eigenvalue weighted by Crippen LogP contribution is -2.21. The van der Waals surface area contributed by atoms with E-state index in [4.69, 9.17) is 0 Å². The van der Waals surface area contributed by atoms with Crippen LogP contribution < -0.4 is 9.62 Å². The number of rotatable bonds is 4. The number of sulfonamides is 1. The summed E-state index contributed by atoms with van der Waals surface area (Å²) in [5.74, 6) is -0.556. The molecule has 0 saturated carbocycles. The summed E-state index contributed by atoms with van der Waals surface area (Å²) in [6, 6.07) is 7.78. The van der Waals surface area contributed by atoms with Crippen LogP contribution in [0, 0.1) is 5.82 Å². The largest absolute Gasteiger partial charge is 0.370 e. The first-order valence-corrected chi connectivity index (χ1v) is 9.04. The topological polar surface area (TPSA) is 49.4 Å². The van der Waals surface area contributed by atoms with Gasteiger partial charge in [0.15, 0.2) is 0 Å². The number of thiophene rings is 1. The minimum absolute atomic E-state index is 0.0350. The van der Waals surface area contributed by atoms with Crippen LogP contribution >= 0.6 is 11.3 Å². The van der Waals surface area contributed by atoms with E-state index in [1.54, 1.807) is 23.6 Å². The fourth-order valence-corrected chi connectivity index (χ4v) is 4.51. The summed E-state index contributed by atoms with van der Waals surface area (Å²) in [5.41, 5.74) is 0.639. The predicted molar refractivity (Wildman–Crippen MR) is 83.0 cm³/mol. The van der Waals surface area contributed by atoms with Crippen molar-refractivity contribution < 1.29 is 12.8 Å². The molecule has 0 unspecified atom stereocenters. The van der Waals surface area contributed by atoms with Gasteiger partial charge in [-0.2, -0.15) is 0 Å². The van der Waals surface area contributed by atoms with E-state index in [1.165, 1.54) is 12.1 Å². The zero-order chi connectivity index (χ0) is 14.9. The second kappa shape index (κ2) is 5.65. The van der Waals surface area contributed by atoms with Crippen molar-refractivity contribution in [2.24, 2.45) is 0 Å². The second-order valence-corrected chi connectivity index (χ2v) is 7.72. The maximum Gasteiger partial charge on any atom is 0.271 e. The van der Waals surface area contributed by atoms with Crippen LogP contribution in [0.25, 0.3) is 0 Å². The van der Waals surface area contributed by atoms with Gasteiger partial charge in [0.25, 0.3) is 10.0 Å². The third-order valence-electron chi connectivity index (χ3n) is 3.43. The molecule has 4 nitrogen and oxygen atoms in total. The number of anilines is 2. The SMILES string of the molecule is O=S(=O)(Nc1c(F)cccc1N1CCCC1)c1cccs1. The van der Waals surface area contributed by atoms with Crippen molar-refractivity contribution in [1.82, 2.24) is 0 Å². The third kappa shape index (κ3) is 2.89. The molecule has 1 saturated heterocycles. The molecule has 0 bridgehead atoms. The van der Waals surface area contributed by atoms with Crippen molar-refractivity contribution >= 4 is 32.7 Å². The van der Waals surface area contributed by atoms with Crippen molar-refractivity contribution in [1.29, 1.82) is 0 Å². The van der Waals surface area contributed by atoms with E-state index >= 15 is 0 Å². The molecular formula is C14H15FN2O2S2. The molecular weight excluding hydrogens is 311 g/mol. The summed E-state index contributed by atoms with van der Waals surface area (Å²) in [7, 11) is -3.74. The Labute approximate surface area is 127 Å². The Kier molecular flexibility index (Phi) is 3.86. The highest BCUT2D eigenvalue weighted by atomic mass is 32.2. The van der Waals surface area contributed by atoms with Gasteiger partial charge in [0.2, 0.25) is 0 Å². The second-order valence-electron chi connectivity index (χ2n) is 4.87. The van der Waals surface area contributed by atoms with Crippen LogP contribution in [0.1, 0.15) is 12.8 Å². The number of benzene rings is 1. The van der Waals surface area contributed by atoms with E-state index in [-0.39, 0.29) is 9.90 Å². The molecule has 1 aromatic carbocycles. The maximum atomic E-state index is 14.1. The molecule has 112 valence electrons. The lowest BCUT2D eigenvalue weighted by atomic mass is 10.2. The summed E-state index contributed by atoms with van der Waals surface area (Å²) in [5, 5.41) is 1.68. The molecule has 0 aliphatic carbocycles. The molecule has 0 radical (unpaired) electrons. The molecule has 2 aromatic rings. The van der Waals surface area contributed by atoms with Gasteiger partial charge in [0.1, 0.15) is 15.7 Å². The van der Waals surface area contributed by atoms with Gasteiger partial charge in [-0.15, -0.1) is 11.3 Å². The number of nitrogens with zero attached hydrogens (tertiary/aromatic N) is 1. The molecule has 0 amide bonds. The van der Waals surface area contributed by atoms with Gasteiger partial charge in [-0.3, -0.25) is 4.72 Å². The van der Waals surface area contributed by atoms with Crippen molar-refractivity contribution in [3.63, 3.8) is 0 Å². The van der Waals surface area contributed by atoms with E-state index in [1.807, 2.05) is 4.90 Å². The van der Waals surface area contributed by atoms with E-state index in [0.29, 0.717) is 5.69 Å². The van der Waals surface area contributed by atoms with Crippen molar-refractivity contribution in [2.45, 2.75) is 17.1 Å². The van der Waals surface area contributed by atoms with Crippen molar-refractivity contribution in [3.05, 3.63) is 41.5 Å². The molecule has 1 aliphatic rings. The van der Waals surface area contributed by atoms with Gasteiger partial charge in [-0.25, -0.2) is 12.8 Å². The first kappa shape index (κ1) is 14.3. The van der Waals surface area contributed by atoms with E-state index in [2.05, 4.69) is 4.72 Å². The molecule has 7 heteroatoms. The minimum atomic E-state index is -3.74. The zero-order valence-electron chi connectivity index (χ0n) is 11.3. The average molecular weight is 326 g/mol. The van der Waals surface area contributed by atoms with E-state index in [0.717, 1.165) is 37.3 Å². The molecule has 1 fully saturated rings. The monoisotopic (exact) mass is 326 g/mol. The Morgan fingerprint density at radius 2 is 1.90 bits per heavy atom. The van der Waals surface area contributed by atoms with Crippen LogP contribution in [0.15, 0.2) is 39.9 Å². The third-order valence-corrected chi connectivity index (χ3v) is 6.18. The molecule has 1 N–H and O–H groups in total. The normalized spacial score (nSPS) is 15.4. The van der Waals surface area contributed by atoms with Gasteiger partial charge in [0, 0.05) is 13.1 Å². The molecule has 2 heterocycles. The Morgan fingerprint density at radius 1 is 1.14 bits per heavy atom. The van der Waals surface area contributed by atoms with Crippen LogP contribution in [0.5, 0.6) is 0 Å². The first-order chi connectivity index (χ1) is 10.1. The smallest absolute Gasteiger partial charge is 0.271 e. The Bertz CT molecular complexity index is 723. The van der Waals surface area contributed by atoms with Crippen molar-refractivity contribution in [3.8, 4) is 0 Å². The maximum absolute atomic E-state index is 14.1. The quantitative estimate of drug-likeness (QED) is 0.938. The average Bonchev–Trinajstić information content (AvgIpc) is 3.14. The number of hydrogen-bond acceptors (Lipinski definition) is 4. The molecule has 0 spiro atoms. The minimum Gasteiger partial charge on any atom is -0.370 e. The highest BCUT2D eigenvalue weighted by Gasteiger charge is 2.23. The number of hydrogen-bond donors (Lipinski definition) is 1. The summed E-state index contributed by atoms with van der Waals surface area (Å²) in [6.07, 6.45) is 2.07. The highest BCUT2D eigenvalue weighted by molar-refractivity contribution is 7.94.